The van der Waals surface area contributed by atoms with Crippen LogP contribution in [0.15, 0.2) is 70.4 Å². The van der Waals surface area contributed by atoms with Gasteiger partial charge in [0.05, 0.1) is 4.92 Å². The molecule has 3 N–H and O–H groups in total. The summed E-state index contributed by atoms with van der Waals surface area (Å²) in [6.45, 7) is 0. The summed E-state index contributed by atoms with van der Waals surface area (Å²) in [4.78, 5) is 23.2. The lowest BCUT2D eigenvalue weighted by atomic mass is 10.1. The summed E-state index contributed by atoms with van der Waals surface area (Å²) >= 11 is 0. The van der Waals surface area contributed by atoms with Gasteiger partial charge >= 0.3 is 0 Å². The number of nitrogens with zero attached hydrogens (tertiary/aromatic N) is 7. The van der Waals surface area contributed by atoms with E-state index in [2.05, 4.69) is 35.8 Å². The number of nitro groups is 1. The van der Waals surface area contributed by atoms with Crippen molar-refractivity contribution in [2.75, 3.05) is 5.73 Å². The number of benzene rings is 2. The van der Waals surface area contributed by atoms with Crippen LogP contribution in [0.3, 0.4) is 0 Å². The Morgan fingerprint density at radius 1 is 1.15 bits per heavy atom. The number of hydrogen-bond donors (Lipinski definition) is 2. The number of non-ortho nitro benzene ring substituents is 1. The number of nitro benzene ring substituents is 1. The van der Waals surface area contributed by atoms with E-state index in [1.165, 1.54) is 30.5 Å². The van der Waals surface area contributed by atoms with Gasteiger partial charge in [0.1, 0.15) is 5.69 Å². The van der Waals surface area contributed by atoms with Crippen molar-refractivity contribution in [3.05, 3.63) is 82.0 Å². The molecule has 0 spiro atoms. The van der Waals surface area contributed by atoms with Crippen LogP contribution < -0.4 is 11.2 Å². The fraction of sp³-hybridized carbons (Fsp3) is 0. The summed E-state index contributed by atoms with van der Waals surface area (Å²) < 4.78 is 5.76. The van der Waals surface area contributed by atoms with Crippen LogP contribution in [0.25, 0.3) is 23.2 Å². The SMILES string of the molecule is Nc1nonc1-n1nnc(C(=O)N/N=C/C=C/c2ccccc2)c1-c1ccc([N+](=O)[O-])cc1. The number of amides is 1. The Kier molecular flexibility index (Phi) is 5.93. The third-order valence-electron chi connectivity index (χ3n) is 4.35. The third-order valence-corrected chi connectivity index (χ3v) is 4.35. The summed E-state index contributed by atoms with van der Waals surface area (Å²) in [6.07, 6.45) is 4.88. The summed E-state index contributed by atoms with van der Waals surface area (Å²) in [6, 6.07) is 15.0. The van der Waals surface area contributed by atoms with E-state index in [1.54, 1.807) is 6.08 Å². The molecule has 1 amide bonds. The number of hydrogen-bond acceptors (Lipinski definition) is 10. The largest absolute Gasteiger partial charge is 0.378 e. The van der Waals surface area contributed by atoms with Gasteiger partial charge in [-0.25, -0.2) is 10.1 Å². The zero-order valence-corrected chi connectivity index (χ0v) is 16.8. The number of carbonyl (C=O) groups excluding carboxylic acids is 1. The number of nitrogens with two attached hydrogens (primary N) is 1. The number of anilines is 1. The third kappa shape index (κ3) is 4.61. The van der Waals surface area contributed by atoms with Crippen LogP contribution in [0.2, 0.25) is 0 Å². The second kappa shape index (κ2) is 9.30. The quantitative estimate of drug-likeness (QED) is 0.245. The fourth-order valence-corrected chi connectivity index (χ4v) is 2.83. The molecule has 0 bridgehead atoms. The van der Waals surface area contributed by atoms with Gasteiger partial charge in [0.25, 0.3) is 11.6 Å². The molecule has 0 saturated carbocycles. The highest BCUT2D eigenvalue weighted by Crippen LogP contribution is 2.28. The van der Waals surface area contributed by atoms with Gasteiger partial charge in [0, 0.05) is 23.9 Å². The average Bonchev–Trinajstić information content (AvgIpc) is 3.45. The smallest absolute Gasteiger partial charge is 0.294 e. The number of aromatic nitrogens is 5. The molecular weight excluding hydrogens is 430 g/mol. The molecular formula is C20H15N9O4. The van der Waals surface area contributed by atoms with Gasteiger partial charge in [-0.15, -0.1) is 5.10 Å². The lowest BCUT2D eigenvalue weighted by Crippen LogP contribution is -2.19. The van der Waals surface area contributed by atoms with Gasteiger partial charge in [-0.2, -0.15) is 9.78 Å². The van der Waals surface area contributed by atoms with Gasteiger partial charge in [0.15, 0.2) is 5.69 Å². The summed E-state index contributed by atoms with van der Waals surface area (Å²) in [5.74, 6) is -0.753. The zero-order valence-electron chi connectivity index (χ0n) is 16.8. The predicted octanol–water partition coefficient (Wildman–Crippen LogP) is 2.24. The van der Waals surface area contributed by atoms with Crippen LogP contribution in [-0.4, -0.2) is 42.4 Å². The molecule has 0 fully saturated rings. The Morgan fingerprint density at radius 2 is 1.91 bits per heavy atom. The molecule has 0 radical (unpaired) electrons. The Bertz CT molecular complexity index is 1340. The zero-order chi connectivity index (χ0) is 23.2. The molecule has 2 aromatic carbocycles. The molecule has 164 valence electrons. The standard InChI is InChI=1S/C20H15N9O4/c21-18-19(26-33-25-18)28-17(14-8-10-15(11-9-14)29(31)32)16(23-27-28)20(30)24-22-12-4-7-13-5-2-1-3-6-13/h1-12H,(H2,21,25)(H,24,30)/b7-4+,22-12+. The van der Waals surface area contributed by atoms with E-state index in [0.717, 1.165) is 10.2 Å². The predicted molar refractivity (Wildman–Crippen MR) is 117 cm³/mol. The van der Waals surface area contributed by atoms with Gasteiger partial charge in [-0.3, -0.25) is 14.9 Å². The van der Waals surface area contributed by atoms with Crippen LogP contribution >= 0.6 is 0 Å². The number of carbonyl (C=O) groups is 1. The van der Waals surface area contributed by atoms with Crippen LogP contribution in [0.4, 0.5) is 11.5 Å². The first-order valence-electron chi connectivity index (χ1n) is 9.38. The molecule has 2 heterocycles. The highest BCUT2D eigenvalue weighted by Gasteiger charge is 2.25. The van der Waals surface area contributed by atoms with E-state index < -0.39 is 10.8 Å². The van der Waals surface area contributed by atoms with Crippen molar-refractivity contribution in [1.29, 1.82) is 0 Å². The Labute approximate surface area is 185 Å². The first kappa shape index (κ1) is 21.0. The molecule has 0 aliphatic carbocycles. The summed E-state index contributed by atoms with van der Waals surface area (Å²) in [5.41, 5.74) is 9.41. The van der Waals surface area contributed by atoms with E-state index >= 15 is 0 Å². The molecule has 0 aliphatic rings. The maximum absolute atomic E-state index is 12.8. The van der Waals surface area contributed by atoms with Crippen molar-refractivity contribution < 1.29 is 14.3 Å². The maximum Gasteiger partial charge on any atom is 0.294 e. The van der Waals surface area contributed by atoms with Crippen LogP contribution in [0.5, 0.6) is 0 Å². The van der Waals surface area contributed by atoms with Gasteiger partial charge in [0.2, 0.25) is 11.6 Å². The van der Waals surface area contributed by atoms with Gasteiger partial charge in [-0.05, 0) is 34.1 Å². The van der Waals surface area contributed by atoms with E-state index in [4.69, 9.17) is 5.73 Å². The Morgan fingerprint density at radius 3 is 2.58 bits per heavy atom. The normalized spacial score (nSPS) is 11.3. The van der Waals surface area contributed by atoms with Crippen LogP contribution in [0.1, 0.15) is 16.1 Å². The monoisotopic (exact) mass is 445 g/mol. The number of nitrogens with one attached hydrogen (secondary N) is 1. The number of nitrogen functional groups attached to an aromatic ring is 1. The molecule has 0 aliphatic heterocycles. The summed E-state index contributed by atoms with van der Waals surface area (Å²) in [5, 5.41) is 29.9. The molecule has 33 heavy (non-hydrogen) atoms. The van der Waals surface area contributed by atoms with Crippen molar-refractivity contribution >= 4 is 29.7 Å². The van der Waals surface area contributed by atoms with Gasteiger partial charge in [-0.1, -0.05) is 41.6 Å². The van der Waals surface area contributed by atoms with E-state index in [-0.39, 0.29) is 28.7 Å². The molecule has 2 aromatic heterocycles. The second-order valence-electron chi connectivity index (χ2n) is 6.46. The van der Waals surface area contributed by atoms with E-state index in [1.807, 2.05) is 36.4 Å². The van der Waals surface area contributed by atoms with Crippen LogP contribution in [-0.2, 0) is 0 Å². The highest BCUT2D eigenvalue weighted by molar-refractivity contribution is 5.98. The fourth-order valence-electron chi connectivity index (χ4n) is 2.83. The van der Waals surface area contributed by atoms with E-state index in [9.17, 15) is 14.9 Å². The van der Waals surface area contributed by atoms with Crippen molar-refractivity contribution in [3.8, 4) is 17.1 Å². The molecule has 4 rings (SSSR count). The van der Waals surface area contributed by atoms with Crippen molar-refractivity contribution in [1.82, 2.24) is 30.7 Å². The molecule has 0 unspecified atom stereocenters. The summed E-state index contributed by atoms with van der Waals surface area (Å²) in [7, 11) is 0. The number of hydrazone groups is 1. The second-order valence-corrected chi connectivity index (χ2v) is 6.46. The highest BCUT2D eigenvalue weighted by atomic mass is 16.6. The van der Waals surface area contributed by atoms with E-state index in [0.29, 0.717) is 5.56 Å². The Balaban J connectivity index is 1.62. The minimum absolute atomic E-state index is 0.00389. The molecule has 4 aromatic rings. The minimum atomic E-state index is -0.672. The topological polar surface area (TPSA) is 180 Å². The minimum Gasteiger partial charge on any atom is -0.378 e. The first-order chi connectivity index (χ1) is 16.0. The molecule has 0 saturated heterocycles. The lowest BCUT2D eigenvalue weighted by molar-refractivity contribution is -0.384. The molecule has 0 atom stereocenters. The maximum atomic E-state index is 12.8. The lowest BCUT2D eigenvalue weighted by Gasteiger charge is -2.05. The van der Waals surface area contributed by atoms with Crippen molar-refractivity contribution in [3.63, 3.8) is 0 Å². The van der Waals surface area contributed by atoms with Crippen LogP contribution in [0, 0.1) is 10.1 Å². The average molecular weight is 445 g/mol. The van der Waals surface area contributed by atoms with Crippen molar-refractivity contribution in [2.45, 2.75) is 0 Å². The van der Waals surface area contributed by atoms with Gasteiger partial charge < -0.3 is 5.73 Å². The Hall–Kier alpha value is -5.20. The number of allylic oxidation sites excluding steroid dienone is 1. The first-order valence-corrected chi connectivity index (χ1v) is 9.38. The number of rotatable bonds is 7. The molecule has 13 heteroatoms. The molecule has 13 nitrogen and oxygen atoms in total. The van der Waals surface area contributed by atoms with Crippen molar-refractivity contribution in [2.24, 2.45) is 5.10 Å².